The van der Waals surface area contributed by atoms with Gasteiger partial charge in [0, 0.05) is 43.9 Å². The van der Waals surface area contributed by atoms with E-state index < -0.39 is 0 Å². The lowest BCUT2D eigenvalue weighted by Gasteiger charge is -2.42. The van der Waals surface area contributed by atoms with Crippen LogP contribution in [-0.4, -0.2) is 34.8 Å². The normalized spacial score (nSPS) is 19.1. The minimum atomic E-state index is -0.327. The van der Waals surface area contributed by atoms with Gasteiger partial charge in [-0.2, -0.15) is 0 Å². The van der Waals surface area contributed by atoms with Crippen LogP contribution in [0.15, 0.2) is 74.9 Å². The molecule has 4 heterocycles. The van der Waals surface area contributed by atoms with E-state index in [9.17, 15) is 14.7 Å². The maximum atomic E-state index is 13.3. The maximum absolute atomic E-state index is 13.3. The standard InChI is InChI=1S/C28H26N2O6/c1-34-23-6-2-3-7-24(23)36-25-16-35-28-19(27(25)33)9-10-22(31)20(28)15-29-12-17-11-18(14-29)21-5-4-8-26(32)30(21)13-17/h2-10,16-18,31H,11-15H2,1H3/t17-,18+/m1/s1. The highest BCUT2D eigenvalue weighted by molar-refractivity contribution is 5.83. The lowest BCUT2D eigenvalue weighted by atomic mass is 9.83. The molecule has 8 heteroatoms. The third kappa shape index (κ3) is 3.83. The van der Waals surface area contributed by atoms with Crippen LogP contribution in [0.1, 0.15) is 23.6 Å². The van der Waals surface area contributed by atoms with Crippen LogP contribution in [0.2, 0.25) is 0 Å². The number of nitrogens with zero attached hydrogens (tertiary/aromatic N) is 2. The lowest BCUT2D eigenvalue weighted by Crippen LogP contribution is -2.46. The first-order valence-corrected chi connectivity index (χ1v) is 12.0. The molecule has 4 aromatic rings. The molecular weight excluding hydrogens is 460 g/mol. The number of para-hydroxylation sites is 2. The van der Waals surface area contributed by atoms with E-state index in [1.165, 1.54) is 19.4 Å². The van der Waals surface area contributed by atoms with Gasteiger partial charge in [-0.25, -0.2) is 0 Å². The average Bonchev–Trinajstić information content (AvgIpc) is 2.88. The number of ether oxygens (including phenoxy) is 2. The fourth-order valence-electron chi connectivity index (χ4n) is 5.62. The zero-order chi connectivity index (χ0) is 24.8. The van der Waals surface area contributed by atoms with Crippen molar-refractivity contribution in [3.8, 4) is 23.0 Å². The largest absolute Gasteiger partial charge is 0.507 e. The molecule has 2 aromatic heterocycles. The van der Waals surface area contributed by atoms with Crippen molar-refractivity contribution in [3.63, 3.8) is 0 Å². The van der Waals surface area contributed by atoms with Crippen LogP contribution in [0.25, 0.3) is 11.0 Å². The summed E-state index contributed by atoms with van der Waals surface area (Å²) in [5.41, 5.74) is 1.70. The SMILES string of the molecule is COc1ccccc1Oc1coc2c(CN3C[C@H]4C[C@@H](C3)c3cccc(=O)n3C4)c(O)ccc2c1=O. The summed E-state index contributed by atoms with van der Waals surface area (Å²) in [6, 6.07) is 15.6. The summed E-state index contributed by atoms with van der Waals surface area (Å²) in [6.45, 7) is 2.69. The van der Waals surface area contributed by atoms with E-state index in [-0.39, 0.29) is 28.4 Å². The van der Waals surface area contributed by atoms with Crippen molar-refractivity contribution >= 4 is 11.0 Å². The molecule has 6 rings (SSSR count). The number of phenols is 1. The quantitative estimate of drug-likeness (QED) is 0.454. The van der Waals surface area contributed by atoms with Crippen LogP contribution in [-0.2, 0) is 13.1 Å². The van der Waals surface area contributed by atoms with Crippen LogP contribution in [0.5, 0.6) is 23.0 Å². The van der Waals surface area contributed by atoms with E-state index in [4.69, 9.17) is 13.9 Å². The number of piperidine rings is 1. The molecule has 8 nitrogen and oxygen atoms in total. The van der Waals surface area contributed by atoms with Crippen LogP contribution in [0.4, 0.5) is 0 Å². The van der Waals surface area contributed by atoms with Crippen LogP contribution >= 0.6 is 0 Å². The number of methoxy groups -OCH3 is 1. The second-order valence-electron chi connectivity index (χ2n) is 9.51. The van der Waals surface area contributed by atoms with Crippen LogP contribution in [0, 0.1) is 5.92 Å². The Morgan fingerprint density at radius 2 is 1.81 bits per heavy atom. The number of fused-ring (bicyclic) bond motifs is 5. The third-order valence-corrected chi connectivity index (χ3v) is 7.21. The number of hydrogen-bond donors (Lipinski definition) is 1. The molecule has 1 N–H and O–H groups in total. The molecule has 2 aliphatic rings. The second-order valence-corrected chi connectivity index (χ2v) is 9.51. The van der Waals surface area contributed by atoms with Gasteiger partial charge >= 0.3 is 0 Å². The highest BCUT2D eigenvalue weighted by Gasteiger charge is 2.35. The highest BCUT2D eigenvalue weighted by atomic mass is 16.5. The zero-order valence-corrected chi connectivity index (χ0v) is 19.8. The van der Waals surface area contributed by atoms with E-state index in [0.29, 0.717) is 47.0 Å². The first kappa shape index (κ1) is 22.4. The van der Waals surface area contributed by atoms with Gasteiger partial charge in [-0.1, -0.05) is 18.2 Å². The predicted molar refractivity (Wildman–Crippen MR) is 134 cm³/mol. The first-order valence-electron chi connectivity index (χ1n) is 12.0. The fourth-order valence-corrected chi connectivity index (χ4v) is 5.62. The molecule has 0 aliphatic carbocycles. The molecule has 0 radical (unpaired) electrons. The summed E-state index contributed by atoms with van der Waals surface area (Å²) in [5, 5.41) is 11.1. The molecule has 2 aliphatic heterocycles. The Hall–Kier alpha value is -4.04. The summed E-state index contributed by atoms with van der Waals surface area (Å²) in [5.74, 6) is 1.63. The maximum Gasteiger partial charge on any atom is 0.250 e. The number of likely N-dealkylation sites (tertiary alicyclic amines) is 1. The lowest BCUT2D eigenvalue weighted by molar-refractivity contribution is 0.113. The second kappa shape index (κ2) is 8.87. The molecule has 184 valence electrons. The highest BCUT2D eigenvalue weighted by Crippen LogP contribution is 2.37. The van der Waals surface area contributed by atoms with Crippen molar-refractivity contribution < 1.29 is 19.0 Å². The molecule has 0 unspecified atom stereocenters. The molecule has 0 spiro atoms. The van der Waals surface area contributed by atoms with Crippen molar-refractivity contribution in [2.75, 3.05) is 20.2 Å². The van der Waals surface area contributed by atoms with Gasteiger partial charge in [-0.3, -0.25) is 14.5 Å². The van der Waals surface area contributed by atoms with Gasteiger partial charge in [0.1, 0.15) is 17.6 Å². The summed E-state index contributed by atoms with van der Waals surface area (Å²) in [7, 11) is 1.53. The van der Waals surface area contributed by atoms with Crippen LogP contribution in [0.3, 0.4) is 0 Å². The summed E-state index contributed by atoms with van der Waals surface area (Å²) in [4.78, 5) is 27.9. The fraction of sp³-hybridized carbons (Fsp3) is 0.286. The van der Waals surface area contributed by atoms with Crippen LogP contribution < -0.4 is 20.5 Å². The summed E-state index contributed by atoms with van der Waals surface area (Å²) < 4.78 is 18.9. The zero-order valence-electron chi connectivity index (χ0n) is 19.8. The molecule has 0 saturated carbocycles. The predicted octanol–water partition coefficient (Wildman–Crippen LogP) is 4.08. The van der Waals surface area contributed by atoms with Gasteiger partial charge in [0.25, 0.3) is 5.56 Å². The minimum Gasteiger partial charge on any atom is -0.507 e. The number of aromatic hydroxyl groups is 1. The number of aromatic nitrogens is 1. The van der Waals surface area contributed by atoms with Crippen molar-refractivity contribution in [3.05, 3.63) is 92.7 Å². The minimum absolute atomic E-state index is 0.0400. The van der Waals surface area contributed by atoms with Gasteiger partial charge in [-0.05, 0) is 42.7 Å². The number of phenolic OH excluding ortho intramolecular Hbond substituents is 1. The van der Waals surface area contributed by atoms with E-state index in [0.717, 1.165) is 25.2 Å². The van der Waals surface area contributed by atoms with Gasteiger partial charge in [0.05, 0.1) is 18.1 Å². The Bertz CT molecular complexity index is 1570. The molecule has 36 heavy (non-hydrogen) atoms. The average molecular weight is 487 g/mol. The molecule has 0 amide bonds. The molecule has 2 bridgehead atoms. The molecular formula is C28H26N2O6. The third-order valence-electron chi connectivity index (χ3n) is 7.21. The monoisotopic (exact) mass is 486 g/mol. The number of benzene rings is 2. The Balaban J connectivity index is 1.31. The van der Waals surface area contributed by atoms with Crippen molar-refractivity contribution in [1.29, 1.82) is 0 Å². The van der Waals surface area contributed by atoms with Crippen molar-refractivity contribution in [1.82, 2.24) is 9.47 Å². The molecule has 1 saturated heterocycles. The van der Waals surface area contributed by atoms with E-state index in [1.54, 1.807) is 30.3 Å². The molecule has 1 fully saturated rings. The van der Waals surface area contributed by atoms with Crippen molar-refractivity contribution in [2.24, 2.45) is 5.92 Å². The Morgan fingerprint density at radius 3 is 2.64 bits per heavy atom. The van der Waals surface area contributed by atoms with Gasteiger partial charge < -0.3 is 23.6 Å². The van der Waals surface area contributed by atoms with E-state index in [2.05, 4.69) is 4.90 Å². The first-order chi connectivity index (χ1) is 17.5. The topological polar surface area (TPSA) is 94.1 Å². The van der Waals surface area contributed by atoms with Gasteiger partial charge in [0.2, 0.25) is 11.2 Å². The Morgan fingerprint density at radius 1 is 0.972 bits per heavy atom. The number of hydrogen-bond acceptors (Lipinski definition) is 7. The Labute approximate surface area is 206 Å². The van der Waals surface area contributed by atoms with Crippen molar-refractivity contribution in [2.45, 2.75) is 25.4 Å². The van der Waals surface area contributed by atoms with Gasteiger partial charge in [0.15, 0.2) is 11.5 Å². The number of pyridine rings is 1. The molecule has 2 atom stereocenters. The Kier molecular flexibility index (Phi) is 5.53. The molecule has 2 aromatic carbocycles. The van der Waals surface area contributed by atoms with E-state index in [1.807, 2.05) is 22.8 Å². The van der Waals surface area contributed by atoms with E-state index >= 15 is 0 Å². The summed E-state index contributed by atoms with van der Waals surface area (Å²) in [6.07, 6.45) is 2.33. The summed E-state index contributed by atoms with van der Waals surface area (Å²) >= 11 is 0. The smallest absolute Gasteiger partial charge is 0.250 e. The number of rotatable bonds is 5. The van der Waals surface area contributed by atoms with Gasteiger partial charge in [-0.15, -0.1) is 0 Å².